The van der Waals surface area contributed by atoms with Crippen LogP contribution in [0.4, 0.5) is 0 Å². The van der Waals surface area contributed by atoms with E-state index >= 15 is 0 Å². The lowest BCUT2D eigenvalue weighted by Gasteiger charge is -2.36. The maximum Gasteiger partial charge on any atom is 0.139 e. The lowest BCUT2D eigenvalue weighted by atomic mass is 9.75. The largest absolute Gasteiger partial charge is 0.317 e. The van der Waals surface area contributed by atoms with Gasteiger partial charge in [-0.15, -0.1) is 10.2 Å². The summed E-state index contributed by atoms with van der Waals surface area (Å²) in [6.07, 6.45) is 3.50. The van der Waals surface area contributed by atoms with Gasteiger partial charge in [0.05, 0.1) is 0 Å². The van der Waals surface area contributed by atoms with Gasteiger partial charge in [0, 0.05) is 11.5 Å². The molecule has 0 aliphatic carbocycles. The van der Waals surface area contributed by atoms with Crippen LogP contribution in [0.15, 0.2) is 0 Å². The first kappa shape index (κ1) is 12.6. The molecule has 17 heavy (non-hydrogen) atoms. The topological polar surface area (TPSA) is 42.7 Å². The molecule has 0 atom stereocenters. The summed E-state index contributed by atoms with van der Waals surface area (Å²) in [6, 6.07) is 0.443. The first-order valence-corrected chi connectivity index (χ1v) is 6.73. The second kappa shape index (κ2) is 4.77. The smallest absolute Gasteiger partial charge is 0.139 e. The lowest BCUT2D eigenvalue weighted by molar-refractivity contribution is 0.268. The molecule has 96 valence electrons. The van der Waals surface area contributed by atoms with E-state index < -0.39 is 0 Å². The number of hydrogen-bond donors (Lipinski definition) is 1. The van der Waals surface area contributed by atoms with Crippen molar-refractivity contribution in [3.8, 4) is 0 Å². The molecule has 1 aliphatic heterocycles. The minimum Gasteiger partial charge on any atom is -0.317 e. The zero-order valence-electron chi connectivity index (χ0n) is 11.5. The minimum absolute atomic E-state index is 0.233. The molecule has 1 aliphatic rings. The van der Waals surface area contributed by atoms with Crippen molar-refractivity contribution in [2.75, 3.05) is 13.1 Å². The summed E-state index contributed by atoms with van der Waals surface area (Å²) in [6.45, 7) is 10.9. The van der Waals surface area contributed by atoms with Crippen molar-refractivity contribution in [3.63, 3.8) is 0 Å². The van der Waals surface area contributed by atoms with E-state index in [9.17, 15) is 0 Å². The molecule has 1 fully saturated rings. The molecule has 1 aromatic rings. The molecule has 0 amide bonds. The van der Waals surface area contributed by atoms with Crippen molar-refractivity contribution >= 4 is 0 Å². The third kappa shape index (κ3) is 2.10. The Hall–Kier alpha value is -0.900. The highest BCUT2D eigenvalue weighted by atomic mass is 15.3. The summed E-state index contributed by atoms with van der Waals surface area (Å²) in [4.78, 5) is 0. The number of hydrogen-bond acceptors (Lipinski definition) is 3. The van der Waals surface area contributed by atoms with E-state index in [0.717, 1.165) is 25.3 Å². The van der Waals surface area contributed by atoms with Crippen molar-refractivity contribution in [1.82, 2.24) is 20.1 Å². The Balaban J connectivity index is 2.43. The molecule has 0 radical (unpaired) electrons. The summed E-state index contributed by atoms with van der Waals surface area (Å²) < 4.78 is 2.31. The average Bonchev–Trinajstić information content (AvgIpc) is 2.72. The molecule has 0 saturated carbocycles. The molecule has 0 unspecified atom stereocenters. The molecule has 1 saturated heterocycles. The molecule has 4 nitrogen and oxygen atoms in total. The van der Waals surface area contributed by atoms with E-state index in [4.69, 9.17) is 0 Å². The first-order chi connectivity index (χ1) is 8.10. The summed E-state index contributed by atoms with van der Waals surface area (Å²) >= 11 is 0. The van der Waals surface area contributed by atoms with Crippen molar-refractivity contribution in [1.29, 1.82) is 0 Å². The average molecular weight is 236 g/mol. The van der Waals surface area contributed by atoms with Gasteiger partial charge in [-0.05, 0) is 53.1 Å². The summed E-state index contributed by atoms with van der Waals surface area (Å²) in [7, 11) is 0. The molecule has 2 heterocycles. The Labute approximate surface area is 104 Å². The van der Waals surface area contributed by atoms with Crippen LogP contribution in [0.2, 0.25) is 0 Å². The maximum absolute atomic E-state index is 4.49. The van der Waals surface area contributed by atoms with Gasteiger partial charge in [-0.2, -0.15) is 0 Å². The zero-order valence-corrected chi connectivity index (χ0v) is 11.5. The number of nitrogens with zero attached hydrogens (tertiary/aromatic N) is 3. The van der Waals surface area contributed by atoms with E-state index in [2.05, 4.69) is 47.8 Å². The number of aromatic nitrogens is 3. The second-order valence-electron chi connectivity index (χ2n) is 5.42. The van der Waals surface area contributed by atoms with Crippen LogP contribution < -0.4 is 5.32 Å². The minimum atomic E-state index is 0.233. The molecule has 1 N–H and O–H groups in total. The van der Waals surface area contributed by atoms with Gasteiger partial charge >= 0.3 is 0 Å². The molecular formula is C13H24N4. The van der Waals surface area contributed by atoms with E-state index in [1.165, 1.54) is 18.7 Å². The highest BCUT2D eigenvalue weighted by Crippen LogP contribution is 2.36. The van der Waals surface area contributed by atoms with Crippen LogP contribution in [0.3, 0.4) is 0 Å². The monoisotopic (exact) mass is 236 g/mol. The molecular weight excluding hydrogens is 212 g/mol. The summed E-state index contributed by atoms with van der Waals surface area (Å²) in [5, 5.41) is 12.2. The fourth-order valence-corrected chi connectivity index (χ4v) is 2.99. The van der Waals surface area contributed by atoms with E-state index in [1.54, 1.807) is 0 Å². The van der Waals surface area contributed by atoms with Crippen molar-refractivity contribution in [3.05, 3.63) is 11.6 Å². The highest BCUT2D eigenvalue weighted by molar-refractivity contribution is 5.13. The molecule has 0 bridgehead atoms. The molecule has 4 heteroatoms. The van der Waals surface area contributed by atoms with Crippen LogP contribution in [0.25, 0.3) is 0 Å². The SMILES string of the molecule is CCC1(c2nnc(C)n2C(C)C)CCNCC1. The summed E-state index contributed by atoms with van der Waals surface area (Å²) in [5.41, 5.74) is 0.233. The van der Waals surface area contributed by atoms with E-state index in [-0.39, 0.29) is 5.41 Å². The van der Waals surface area contributed by atoms with Crippen LogP contribution >= 0.6 is 0 Å². The number of rotatable bonds is 3. The van der Waals surface area contributed by atoms with Crippen molar-refractivity contribution in [2.45, 2.75) is 58.4 Å². The Morgan fingerprint density at radius 2 is 1.94 bits per heavy atom. The zero-order chi connectivity index (χ0) is 12.5. The first-order valence-electron chi connectivity index (χ1n) is 6.73. The lowest BCUT2D eigenvalue weighted by Crippen LogP contribution is -2.41. The van der Waals surface area contributed by atoms with Crippen LogP contribution in [0, 0.1) is 6.92 Å². The quantitative estimate of drug-likeness (QED) is 0.875. The van der Waals surface area contributed by atoms with E-state index in [0.29, 0.717) is 6.04 Å². The normalized spacial score (nSPS) is 19.8. The summed E-state index contributed by atoms with van der Waals surface area (Å²) in [5.74, 6) is 2.25. The van der Waals surface area contributed by atoms with Gasteiger partial charge in [0.15, 0.2) is 0 Å². The molecule has 2 rings (SSSR count). The van der Waals surface area contributed by atoms with Gasteiger partial charge in [-0.1, -0.05) is 6.92 Å². The third-order valence-corrected chi connectivity index (χ3v) is 4.09. The molecule has 0 aromatic carbocycles. The predicted octanol–water partition coefficient (Wildman–Crippen LogP) is 2.20. The van der Waals surface area contributed by atoms with Gasteiger partial charge in [-0.25, -0.2) is 0 Å². The second-order valence-corrected chi connectivity index (χ2v) is 5.42. The standard InChI is InChI=1S/C13H24N4/c1-5-13(6-8-14-9-7-13)12-16-15-11(4)17(12)10(2)3/h10,14H,5-9H2,1-4H3. The highest BCUT2D eigenvalue weighted by Gasteiger charge is 2.37. The van der Waals surface area contributed by atoms with Crippen molar-refractivity contribution in [2.24, 2.45) is 0 Å². The Morgan fingerprint density at radius 1 is 1.29 bits per heavy atom. The fourth-order valence-electron chi connectivity index (χ4n) is 2.99. The van der Waals surface area contributed by atoms with Gasteiger partial charge in [0.2, 0.25) is 0 Å². The third-order valence-electron chi connectivity index (χ3n) is 4.09. The predicted molar refractivity (Wildman–Crippen MR) is 69.2 cm³/mol. The number of nitrogens with one attached hydrogen (secondary N) is 1. The molecule has 1 aromatic heterocycles. The van der Waals surface area contributed by atoms with Crippen LogP contribution in [0.1, 0.15) is 57.7 Å². The number of piperidine rings is 1. The van der Waals surface area contributed by atoms with Crippen LogP contribution in [-0.2, 0) is 5.41 Å². The van der Waals surface area contributed by atoms with Gasteiger partial charge < -0.3 is 9.88 Å². The van der Waals surface area contributed by atoms with Gasteiger partial charge in [0.25, 0.3) is 0 Å². The van der Waals surface area contributed by atoms with Crippen LogP contribution in [-0.4, -0.2) is 27.9 Å². The Morgan fingerprint density at radius 3 is 2.47 bits per heavy atom. The number of aryl methyl sites for hydroxylation is 1. The van der Waals surface area contributed by atoms with E-state index in [1.807, 2.05) is 0 Å². The van der Waals surface area contributed by atoms with Gasteiger partial charge in [-0.3, -0.25) is 0 Å². The Kier molecular flexibility index (Phi) is 3.52. The fraction of sp³-hybridized carbons (Fsp3) is 0.846. The Bertz CT molecular complexity index is 375. The van der Waals surface area contributed by atoms with Crippen molar-refractivity contribution < 1.29 is 0 Å². The maximum atomic E-state index is 4.49. The molecule has 0 spiro atoms. The van der Waals surface area contributed by atoms with Gasteiger partial charge in [0.1, 0.15) is 11.6 Å². The van der Waals surface area contributed by atoms with Crippen LogP contribution in [0.5, 0.6) is 0 Å².